The van der Waals surface area contributed by atoms with Gasteiger partial charge in [-0.25, -0.2) is 0 Å². The molecule has 5 aliphatic rings. The van der Waals surface area contributed by atoms with Gasteiger partial charge in [-0.15, -0.1) is 0 Å². The zero-order chi connectivity index (χ0) is 17.9. The number of likely N-dealkylation sites (tertiary alicyclic amines) is 1. The molecule has 1 spiro atoms. The Morgan fingerprint density at radius 2 is 2.12 bits per heavy atom. The Bertz CT molecular complexity index is 849. The van der Waals surface area contributed by atoms with Crippen LogP contribution in [0.5, 0.6) is 11.5 Å². The topological polar surface area (TPSA) is 66.8 Å². The standard InChI is InChI=1S/C21H25NO4/c1-22(11-12-2-3-12)9-8-20-17-13-4-5-14(23)18(17)26-19(20)15(24)6-7-21(20,25)16(22)10-13/h4-5,12,16,19,25H,2-3,6-11H2,1H3/p+1/t16-,19?,20?,21-,22?/m1/s1. The van der Waals surface area contributed by atoms with Gasteiger partial charge in [-0.3, -0.25) is 4.79 Å². The van der Waals surface area contributed by atoms with Crippen molar-refractivity contribution >= 4 is 5.78 Å². The molecule has 5 nitrogen and oxygen atoms in total. The Kier molecular flexibility index (Phi) is 2.65. The normalized spacial score (nSPS) is 45.2. The fourth-order valence-corrected chi connectivity index (χ4v) is 6.94. The molecule has 0 aromatic heterocycles. The number of ether oxygens (including phenoxy) is 1. The molecule has 0 radical (unpaired) electrons. The lowest BCUT2D eigenvalue weighted by Crippen LogP contribution is -2.80. The lowest BCUT2D eigenvalue weighted by atomic mass is 9.48. The van der Waals surface area contributed by atoms with Gasteiger partial charge in [0.15, 0.2) is 23.4 Å². The number of carbonyl (C=O) groups is 1. The van der Waals surface area contributed by atoms with Gasteiger partial charge in [0, 0.05) is 30.7 Å². The number of nitrogens with zero attached hydrogens (tertiary/aromatic N) is 1. The molecule has 2 N–H and O–H groups in total. The lowest BCUT2D eigenvalue weighted by Gasteiger charge is -2.64. The minimum atomic E-state index is -0.931. The van der Waals surface area contributed by atoms with E-state index in [0.717, 1.165) is 47.5 Å². The SMILES string of the molecule is C[N+]1(CC2CC2)CCC23c4c5ccc(O)c4OC2C(=O)CC[C@@]3(O)[C@H]1C5. The van der Waals surface area contributed by atoms with E-state index in [1.54, 1.807) is 6.07 Å². The third-order valence-corrected chi connectivity index (χ3v) is 8.28. The summed E-state index contributed by atoms with van der Waals surface area (Å²) in [6, 6.07) is 3.77. The molecule has 1 saturated heterocycles. The average Bonchev–Trinajstić information content (AvgIpc) is 3.32. The highest BCUT2D eigenvalue weighted by atomic mass is 16.5. The Hall–Kier alpha value is -1.59. The maximum absolute atomic E-state index is 12.8. The summed E-state index contributed by atoms with van der Waals surface area (Å²) in [6.07, 6.45) is 4.42. The van der Waals surface area contributed by atoms with Crippen LogP contribution in [-0.2, 0) is 16.6 Å². The molecule has 3 aliphatic carbocycles. The molecule has 3 unspecified atom stereocenters. The van der Waals surface area contributed by atoms with Crippen LogP contribution in [0, 0.1) is 5.92 Å². The number of aliphatic hydroxyl groups is 1. The summed E-state index contributed by atoms with van der Waals surface area (Å²) in [5.41, 5.74) is 0.492. The molecule has 138 valence electrons. The number of benzene rings is 1. The second-order valence-corrected chi connectivity index (χ2v) is 9.61. The van der Waals surface area contributed by atoms with E-state index in [4.69, 9.17) is 4.74 Å². The first-order valence-electron chi connectivity index (χ1n) is 10.0. The largest absolute Gasteiger partial charge is 0.504 e. The van der Waals surface area contributed by atoms with Gasteiger partial charge >= 0.3 is 0 Å². The van der Waals surface area contributed by atoms with Gasteiger partial charge in [0.05, 0.1) is 25.6 Å². The van der Waals surface area contributed by atoms with Crippen molar-refractivity contribution in [3.8, 4) is 11.5 Å². The molecule has 5 heteroatoms. The molecule has 2 aliphatic heterocycles. The van der Waals surface area contributed by atoms with Gasteiger partial charge in [0.2, 0.25) is 0 Å². The van der Waals surface area contributed by atoms with E-state index in [1.165, 1.54) is 12.8 Å². The maximum Gasteiger partial charge on any atom is 0.174 e. The van der Waals surface area contributed by atoms with Crippen LogP contribution in [-0.4, -0.2) is 58.4 Å². The number of Topliss-reactive ketones (excluding diaryl/α,β-unsaturated/α-hetero) is 1. The first kappa shape index (κ1) is 15.5. The van der Waals surface area contributed by atoms with Crippen LogP contribution in [0.4, 0.5) is 0 Å². The summed E-state index contributed by atoms with van der Waals surface area (Å²) >= 11 is 0. The van der Waals surface area contributed by atoms with E-state index >= 15 is 0 Å². The quantitative estimate of drug-likeness (QED) is 0.791. The zero-order valence-corrected chi connectivity index (χ0v) is 15.2. The second-order valence-electron chi connectivity index (χ2n) is 9.61. The van der Waals surface area contributed by atoms with Gasteiger partial charge in [-0.05, 0) is 30.9 Å². The Morgan fingerprint density at radius 3 is 2.88 bits per heavy atom. The molecular formula is C21H26NO4+. The van der Waals surface area contributed by atoms with Crippen LogP contribution >= 0.6 is 0 Å². The van der Waals surface area contributed by atoms with Crippen molar-refractivity contribution in [3.05, 3.63) is 23.3 Å². The summed E-state index contributed by atoms with van der Waals surface area (Å²) in [6.45, 7) is 2.09. The lowest BCUT2D eigenvalue weighted by molar-refractivity contribution is -0.950. The fourth-order valence-electron chi connectivity index (χ4n) is 6.94. The number of aromatic hydroxyl groups is 1. The fraction of sp³-hybridized carbons (Fsp3) is 0.667. The third-order valence-electron chi connectivity index (χ3n) is 8.28. The molecule has 1 aromatic rings. The zero-order valence-electron chi connectivity index (χ0n) is 15.2. The summed E-state index contributed by atoms with van der Waals surface area (Å²) in [7, 11) is 2.31. The minimum Gasteiger partial charge on any atom is -0.504 e. The molecule has 3 fully saturated rings. The number of likely N-dealkylation sites (N-methyl/N-ethyl adjacent to an activating group) is 1. The van der Waals surface area contributed by atoms with Crippen LogP contribution in [0.1, 0.15) is 43.2 Å². The van der Waals surface area contributed by atoms with Crippen molar-refractivity contribution in [1.29, 1.82) is 0 Å². The number of piperidine rings is 1. The van der Waals surface area contributed by atoms with Gasteiger partial charge in [0.1, 0.15) is 11.6 Å². The first-order chi connectivity index (χ1) is 12.4. The van der Waals surface area contributed by atoms with E-state index in [1.807, 2.05) is 6.07 Å². The second kappa shape index (κ2) is 4.45. The molecule has 26 heavy (non-hydrogen) atoms. The van der Waals surface area contributed by atoms with Crippen molar-refractivity contribution in [2.45, 2.75) is 61.7 Å². The average molecular weight is 356 g/mol. The van der Waals surface area contributed by atoms with Crippen molar-refractivity contribution in [2.24, 2.45) is 5.92 Å². The Morgan fingerprint density at radius 1 is 1.31 bits per heavy atom. The molecule has 1 aromatic carbocycles. The van der Waals surface area contributed by atoms with Crippen LogP contribution < -0.4 is 4.74 Å². The predicted molar refractivity (Wildman–Crippen MR) is 94.1 cm³/mol. The van der Waals surface area contributed by atoms with E-state index in [2.05, 4.69) is 7.05 Å². The van der Waals surface area contributed by atoms with E-state index < -0.39 is 17.1 Å². The highest BCUT2D eigenvalue weighted by Gasteiger charge is 2.76. The monoisotopic (exact) mass is 356 g/mol. The van der Waals surface area contributed by atoms with Crippen LogP contribution in [0.15, 0.2) is 12.1 Å². The van der Waals surface area contributed by atoms with Gasteiger partial charge in [0.25, 0.3) is 0 Å². The van der Waals surface area contributed by atoms with Crippen molar-refractivity contribution in [3.63, 3.8) is 0 Å². The predicted octanol–water partition coefficient (Wildman–Crippen LogP) is 1.67. The summed E-state index contributed by atoms with van der Waals surface area (Å²) in [5.74, 6) is 1.42. The number of ketones is 1. The van der Waals surface area contributed by atoms with E-state index in [9.17, 15) is 15.0 Å². The molecule has 2 saturated carbocycles. The minimum absolute atomic E-state index is 0.0789. The molecule has 2 heterocycles. The molecule has 2 bridgehead atoms. The Balaban J connectivity index is 1.60. The van der Waals surface area contributed by atoms with Crippen LogP contribution in [0.3, 0.4) is 0 Å². The van der Waals surface area contributed by atoms with Crippen LogP contribution in [0.25, 0.3) is 0 Å². The van der Waals surface area contributed by atoms with E-state index in [0.29, 0.717) is 18.6 Å². The number of rotatable bonds is 2. The van der Waals surface area contributed by atoms with Gasteiger partial charge in [-0.2, -0.15) is 0 Å². The summed E-state index contributed by atoms with van der Waals surface area (Å²) in [4.78, 5) is 12.8. The number of hydrogen-bond donors (Lipinski definition) is 2. The highest BCUT2D eigenvalue weighted by Crippen LogP contribution is 2.65. The van der Waals surface area contributed by atoms with E-state index in [-0.39, 0.29) is 17.6 Å². The van der Waals surface area contributed by atoms with Gasteiger partial charge < -0.3 is 19.4 Å². The first-order valence-corrected chi connectivity index (χ1v) is 10.0. The third kappa shape index (κ3) is 1.55. The van der Waals surface area contributed by atoms with Gasteiger partial charge in [-0.1, -0.05) is 6.07 Å². The number of phenolic OH excluding ortho intramolecular Hbond substituents is 1. The summed E-state index contributed by atoms with van der Waals surface area (Å²) in [5, 5.41) is 22.5. The number of phenols is 1. The van der Waals surface area contributed by atoms with Crippen LogP contribution in [0.2, 0.25) is 0 Å². The van der Waals surface area contributed by atoms with Crippen molar-refractivity contribution in [1.82, 2.24) is 0 Å². The smallest absolute Gasteiger partial charge is 0.174 e. The van der Waals surface area contributed by atoms with Crippen molar-refractivity contribution in [2.75, 3.05) is 20.1 Å². The van der Waals surface area contributed by atoms with Crippen molar-refractivity contribution < 1.29 is 24.2 Å². The molecule has 0 amide bonds. The molecule has 6 rings (SSSR count). The molecular weight excluding hydrogens is 330 g/mol. The maximum atomic E-state index is 12.8. The number of quaternary nitrogens is 1. The number of carbonyl (C=O) groups excluding carboxylic acids is 1. The highest BCUT2D eigenvalue weighted by molar-refractivity contribution is 5.90. The Labute approximate surface area is 153 Å². The summed E-state index contributed by atoms with van der Waals surface area (Å²) < 4.78 is 6.98. The number of hydrogen-bond acceptors (Lipinski definition) is 4. The molecule has 5 atom stereocenters.